The molecular weight excluding hydrogens is 230 g/mol. The van der Waals surface area contributed by atoms with E-state index in [4.69, 9.17) is 0 Å². The molecule has 2 amide bonds. The normalized spacial score (nSPS) is 24.7. The van der Waals surface area contributed by atoms with Crippen LogP contribution in [0.4, 0.5) is 0 Å². The van der Waals surface area contributed by atoms with Gasteiger partial charge >= 0.3 is 0 Å². The van der Waals surface area contributed by atoms with Crippen molar-refractivity contribution in [2.45, 2.75) is 51.2 Å². The Labute approximate surface area is 108 Å². The molecule has 18 heavy (non-hydrogen) atoms. The summed E-state index contributed by atoms with van der Waals surface area (Å²) in [6, 6.07) is 0.387. The topological polar surface area (TPSA) is 52.7 Å². The van der Waals surface area contributed by atoms with Crippen LogP contribution in [0.3, 0.4) is 0 Å². The molecule has 0 spiro atoms. The predicted octanol–water partition coefficient (Wildman–Crippen LogP) is 0.206. The summed E-state index contributed by atoms with van der Waals surface area (Å²) in [6.07, 6.45) is 2.89. The van der Waals surface area contributed by atoms with E-state index in [-0.39, 0.29) is 23.9 Å². The van der Waals surface area contributed by atoms with Crippen LogP contribution in [0.5, 0.6) is 0 Å². The Bertz CT molecular complexity index is 339. The fourth-order valence-corrected chi connectivity index (χ4v) is 2.47. The Kier molecular flexibility index (Phi) is 4.02. The summed E-state index contributed by atoms with van der Waals surface area (Å²) in [5.41, 5.74) is 0. The second kappa shape index (κ2) is 5.36. The lowest BCUT2D eigenvalue weighted by Gasteiger charge is -2.20. The van der Waals surface area contributed by atoms with E-state index in [9.17, 15) is 9.59 Å². The average molecular weight is 253 g/mol. The zero-order valence-corrected chi connectivity index (χ0v) is 11.5. The smallest absolute Gasteiger partial charge is 0.247 e. The Morgan fingerprint density at radius 2 is 2.06 bits per heavy atom. The third-order valence-electron chi connectivity index (χ3n) is 3.72. The molecule has 1 saturated carbocycles. The number of nitrogens with zero attached hydrogens (tertiary/aromatic N) is 2. The zero-order chi connectivity index (χ0) is 13.3. The molecule has 0 radical (unpaired) electrons. The minimum Gasteiger partial charge on any atom is -0.304 e. The molecule has 2 fully saturated rings. The average Bonchev–Trinajstić information content (AvgIpc) is 3.07. The van der Waals surface area contributed by atoms with Crippen LogP contribution in [0, 0.1) is 0 Å². The van der Waals surface area contributed by atoms with Gasteiger partial charge in [-0.25, -0.2) is 0 Å². The first-order valence-corrected chi connectivity index (χ1v) is 6.80. The number of hydrogen-bond donors (Lipinski definition) is 1. The van der Waals surface area contributed by atoms with Crippen molar-refractivity contribution in [1.82, 2.24) is 15.1 Å². The molecule has 0 aromatic rings. The molecule has 0 bridgehead atoms. The maximum Gasteiger partial charge on any atom is 0.247 e. The van der Waals surface area contributed by atoms with Crippen molar-refractivity contribution in [2.75, 3.05) is 20.1 Å². The highest BCUT2D eigenvalue weighted by molar-refractivity contribution is 6.05. The summed E-state index contributed by atoms with van der Waals surface area (Å²) in [4.78, 5) is 27.4. The van der Waals surface area contributed by atoms with E-state index in [0.717, 1.165) is 19.1 Å². The monoisotopic (exact) mass is 253 g/mol. The van der Waals surface area contributed by atoms with Crippen LogP contribution in [0.25, 0.3) is 0 Å². The number of hydrogen-bond acceptors (Lipinski definition) is 4. The van der Waals surface area contributed by atoms with E-state index < -0.39 is 0 Å². The quantitative estimate of drug-likeness (QED) is 0.687. The van der Waals surface area contributed by atoms with Crippen molar-refractivity contribution in [3.8, 4) is 0 Å². The van der Waals surface area contributed by atoms with Gasteiger partial charge in [-0.2, -0.15) is 0 Å². The zero-order valence-electron chi connectivity index (χ0n) is 11.5. The first kappa shape index (κ1) is 13.5. The van der Waals surface area contributed by atoms with Crippen LogP contribution in [-0.2, 0) is 9.59 Å². The van der Waals surface area contributed by atoms with Gasteiger partial charge in [-0.05, 0) is 33.7 Å². The molecule has 1 heterocycles. The van der Waals surface area contributed by atoms with E-state index in [1.54, 1.807) is 0 Å². The summed E-state index contributed by atoms with van der Waals surface area (Å²) >= 11 is 0. The van der Waals surface area contributed by atoms with Crippen molar-refractivity contribution in [3.05, 3.63) is 0 Å². The van der Waals surface area contributed by atoms with Crippen molar-refractivity contribution in [1.29, 1.82) is 0 Å². The third kappa shape index (κ3) is 2.90. The van der Waals surface area contributed by atoms with Gasteiger partial charge in [0.05, 0.1) is 12.5 Å². The van der Waals surface area contributed by atoms with Gasteiger partial charge in [-0.3, -0.25) is 14.5 Å². The first-order chi connectivity index (χ1) is 8.50. The molecule has 1 atom stereocenters. The number of nitrogens with one attached hydrogen (secondary N) is 1. The van der Waals surface area contributed by atoms with E-state index >= 15 is 0 Å². The standard InChI is InChI=1S/C13H23N3O2/c1-9(2)16-12(17)8-11(13(16)18)14-6-7-15(3)10-4-5-10/h9-11,14H,4-8H2,1-3H3. The fraction of sp³-hybridized carbons (Fsp3) is 0.846. The predicted molar refractivity (Wildman–Crippen MR) is 69.0 cm³/mol. The Morgan fingerprint density at radius 3 is 2.56 bits per heavy atom. The minimum atomic E-state index is -0.312. The summed E-state index contributed by atoms with van der Waals surface area (Å²) in [5, 5.41) is 3.21. The molecule has 1 saturated heterocycles. The fourth-order valence-electron chi connectivity index (χ4n) is 2.47. The van der Waals surface area contributed by atoms with Crippen molar-refractivity contribution < 1.29 is 9.59 Å². The van der Waals surface area contributed by atoms with E-state index in [1.807, 2.05) is 13.8 Å². The summed E-state index contributed by atoms with van der Waals surface area (Å²) < 4.78 is 0. The van der Waals surface area contributed by atoms with Crippen LogP contribution in [0.1, 0.15) is 33.1 Å². The molecule has 0 aromatic carbocycles. The Morgan fingerprint density at radius 1 is 1.39 bits per heavy atom. The van der Waals surface area contributed by atoms with Gasteiger partial charge in [0, 0.05) is 25.2 Å². The number of amides is 2. The van der Waals surface area contributed by atoms with Gasteiger partial charge in [0.1, 0.15) is 0 Å². The molecule has 102 valence electrons. The molecule has 1 N–H and O–H groups in total. The summed E-state index contributed by atoms with van der Waals surface area (Å²) in [5.74, 6) is -0.118. The maximum absolute atomic E-state index is 12.0. The van der Waals surface area contributed by atoms with Gasteiger partial charge in [-0.15, -0.1) is 0 Å². The summed E-state index contributed by atoms with van der Waals surface area (Å²) in [7, 11) is 2.11. The van der Waals surface area contributed by atoms with Crippen LogP contribution < -0.4 is 5.32 Å². The lowest BCUT2D eigenvalue weighted by Crippen LogP contribution is -2.43. The number of likely N-dealkylation sites (tertiary alicyclic amines) is 1. The second-order valence-corrected chi connectivity index (χ2v) is 5.62. The van der Waals surface area contributed by atoms with E-state index in [1.165, 1.54) is 17.7 Å². The Balaban J connectivity index is 1.76. The largest absolute Gasteiger partial charge is 0.304 e. The van der Waals surface area contributed by atoms with Gasteiger partial charge in [0.2, 0.25) is 11.8 Å². The minimum absolute atomic E-state index is 0.0362. The lowest BCUT2D eigenvalue weighted by atomic mass is 10.2. The Hall–Kier alpha value is -0.940. The van der Waals surface area contributed by atoms with Crippen molar-refractivity contribution in [3.63, 3.8) is 0 Å². The van der Waals surface area contributed by atoms with Gasteiger partial charge in [0.25, 0.3) is 0 Å². The van der Waals surface area contributed by atoms with Crippen LogP contribution in [-0.4, -0.2) is 59.9 Å². The van der Waals surface area contributed by atoms with Crippen LogP contribution in [0.15, 0.2) is 0 Å². The van der Waals surface area contributed by atoms with Gasteiger partial charge in [-0.1, -0.05) is 0 Å². The molecule has 2 rings (SSSR count). The van der Waals surface area contributed by atoms with Crippen LogP contribution >= 0.6 is 0 Å². The highest BCUT2D eigenvalue weighted by Gasteiger charge is 2.39. The van der Waals surface area contributed by atoms with Crippen molar-refractivity contribution >= 4 is 11.8 Å². The maximum atomic E-state index is 12.0. The number of rotatable bonds is 6. The molecule has 0 aromatic heterocycles. The number of likely N-dealkylation sites (N-methyl/N-ethyl adjacent to an activating group) is 1. The molecule has 2 aliphatic rings. The lowest BCUT2D eigenvalue weighted by molar-refractivity contribution is -0.140. The van der Waals surface area contributed by atoms with E-state index in [2.05, 4.69) is 17.3 Å². The SMILES string of the molecule is CC(C)N1C(=O)CC(NCCN(C)C2CC2)C1=O. The highest BCUT2D eigenvalue weighted by Crippen LogP contribution is 2.24. The van der Waals surface area contributed by atoms with Gasteiger partial charge < -0.3 is 10.2 Å². The number of carbonyl (C=O) groups is 2. The highest BCUT2D eigenvalue weighted by atomic mass is 16.2. The number of carbonyl (C=O) groups excluding carboxylic acids is 2. The summed E-state index contributed by atoms with van der Waals surface area (Å²) in [6.45, 7) is 5.45. The van der Waals surface area contributed by atoms with Crippen molar-refractivity contribution in [2.24, 2.45) is 0 Å². The molecule has 5 nitrogen and oxygen atoms in total. The molecular formula is C13H23N3O2. The van der Waals surface area contributed by atoms with E-state index in [0.29, 0.717) is 6.42 Å². The second-order valence-electron chi connectivity index (χ2n) is 5.62. The van der Waals surface area contributed by atoms with Gasteiger partial charge in [0.15, 0.2) is 0 Å². The molecule has 5 heteroatoms. The molecule has 1 aliphatic heterocycles. The first-order valence-electron chi connectivity index (χ1n) is 6.80. The number of imide groups is 1. The molecule has 1 unspecified atom stereocenters. The molecule has 1 aliphatic carbocycles. The van der Waals surface area contributed by atoms with Crippen LogP contribution in [0.2, 0.25) is 0 Å². The third-order valence-corrected chi connectivity index (χ3v) is 3.72.